The first-order chi connectivity index (χ1) is 7.24. The zero-order valence-corrected chi connectivity index (χ0v) is 10.9. The lowest BCUT2D eigenvalue weighted by atomic mass is 9.85. The Hall–Kier alpha value is -0.280. The third kappa shape index (κ3) is 5.71. The Balaban J connectivity index is 0.00000225. The number of carbonyl (C=O) groups is 1. The molecule has 1 fully saturated rings. The maximum Gasteiger partial charge on any atom is 0.322 e. The van der Waals surface area contributed by atoms with E-state index >= 15 is 0 Å². The van der Waals surface area contributed by atoms with E-state index < -0.39 is 6.04 Å². The van der Waals surface area contributed by atoms with E-state index in [1.54, 1.807) is 0 Å². The van der Waals surface area contributed by atoms with Crippen LogP contribution < -0.4 is 5.73 Å². The Morgan fingerprint density at radius 1 is 1.38 bits per heavy atom. The molecule has 4 heteroatoms. The van der Waals surface area contributed by atoms with Crippen LogP contribution in [-0.2, 0) is 9.53 Å². The fourth-order valence-electron chi connectivity index (χ4n) is 2.26. The van der Waals surface area contributed by atoms with E-state index in [0.29, 0.717) is 6.61 Å². The quantitative estimate of drug-likeness (QED) is 0.763. The van der Waals surface area contributed by atoms with Crippen LogP contribution >= 0.6 is 12.4 Å². The topological polar surface area (TPSA) is 52.3 Å². The molecule has 16 heavy (non-hydrogen) atoms. The van der Waals surface area contributed by atoms with Crippen LogP contribution in [0.4, 0.5) is 0 Å². The minimum absolute atomic E-state index is 0. The Bertz CT molecular complexity index is 193. The first-order valence-corrected chi connectivity index (χ1v) is 6.16. The first kappa shape index (κ1) is 15.7. The maximum atomic E-state index is 11.3. The molecule has 0 amide bonds. The Morgan fingerprint density at radius 2 is 2.00 bits per heavy atom. The van der Waals surface area contributed by atoms with Crippen LogP contribution in [0, 0.1) is 5.92 Å². The van der Waals surface area contributed by atoms with Crippen LogP contribution in [0.5, 0.6) is 0 Å². The van der Waals surface area contributed by atoms with E-state index in [1.165, 1.54) is 32.1 Å². The highest BCUT2D eigenvalue weighted by atomic mass is 35.5. The molecule has 1 aliphatic rings. The minimum Gasteiger partial charge on any atom is -0.465 e. The van der Waals surface area contributed by atoms with Gasteiger partial charge >= 0.3 is 5.97 Å². The predicted octanol–water partition coefficient (Wildman–Crippen LogP) is 2.66. The van der Waals surface area contributed by atoms with Gasteiger partial charge in [-0.15, -0.1) is 12.4 Å². The fourth-order valence-corrected chi connectivity index (χ4v) is 2.26. The molecule has 0 saturated heterocycles. The third-order valence-electron chi connectivity index (χ3n) is 3.20. The van der Waals surface area contributed by atoms with Crippen molar-refractivity contribution in [2.75, 3.05) is 6.61 Å². The second kappa shape index (κ2) is 8.82. The summed E-state index contributed by atoms with van der Waals surface area (Å²) in [4.78, 5) is 11.3. The molecule has 2 N–H and O–H groups in total. The van der Waals surface area contributed by atoms with E-state index in [9.17, 15) is 4.79 Å². The van der Waals surface area contributed by atoms with Crippen molar-refractivity contribution in [3.63, 3.8) is 0 Å². The van der Waals surface area contributed by atoms with Gasteiger partial charge in [0.05, 0.1) is 6.61 Å². The largest absolute Gasteiger partial charge is 0.465 e. The van der Waals surface area contributed by atoms with Gasteiger partial charge in [-0.25, -0.2) is 0 Å². The van der Waals surface area contributed by atoms with Gasteiger partial charge in [0.15, 0.2) is 0 Å². The SMILES string of the molecule is CCOC(=O)[C@H](N)CCC1CCCCC1.Cl. The summed E-state index contributed by atoms with van der Waals surface area (Å²) in [6, 6.07) is -0.410. The molecule has 0 aromatic heterocycles. The molecule has 96 valence electrons. The van der Waals surface area contributed by atoms with Crippen LogP contribution in [0.25, 0.3) is 0 Å². The van der Waals surface area contributed by atoms with Crippen LogP contribution in [0.2, 0.25) is 0 Å². The summed E-state index contributed by atoms with van der Waals surface area (Å²) in [7, 11) is 0. The number of carbonyl (C=O) groups excluding carboxylic acids is 1. The molecule has 0 unspecified atom stereocenters. The minimum atomic E-state index is -0.410. The van der Waals surface area contributed by atoms with Crippen LogP contribution in [0.1, 0.15) is 51.9 Å². The Morgan fingerprint density at radius 3 is 2.56 bits per heavy atom. The molecule has 1 atom stereocenters. The Kier molecular flexibility index (Phi) is 8.67. The van der Waals surface area contributed by atoms with Crippen LogP contribution in [-0.4, -0.2) is 18.6 Å². The molecule has 0 aromatic carbocycles. The standard InChI is InChI=1S/C12H23NO2.ClH/c1-2-15-12(14)11(13)9-8-10-6-4-3-5-7-10;/h10-11H,2-9,13H2,1H3;1H/t11-;/m1./s1. The van der Waals surface area contributed by atoms with Gasteiger partial charge in [0.1, 0.15) is 6.04 Å². The summed E-state index contributed by atoms with van der Waals surface area (Å²) >= 11 is 0. The van der Waals surface area contributed by atoms with Gasteiger partial charge < -0.3 is 10.5 Å². The first-order valence-electron chi connectivity index (χ1n) is 6.16. The average molecular weight is 250 g/mol. The number of ether oxygens (including phenoxy) is 1. The molecule has 0 aromatic rings. The van der Waals surface area contributed by atoms with Crippen LogP contribution in [0.3, 0.4) is 0 Å². The molecule has 0 aliphatic heterocycles. The lowest BCUT2D eigenvalue weighted by molar-refractivity contribution is -0.144. The molecule has 0 spiro atoms. The normalized spacial score (nSPS) is 18.6. The number of rotatable bonds is 5. The van der Waals surface area contributed by atoms with E-state index in [0.717, 1.165) is 18.8 Å². The van der Waals surface area contributed by atoms with Crippen molar-refractivity contribution >= 4 is 18.4 Å². The second-order valence-corrected chi connectivity index (χ2v) is 4.44. The predicted molar refractivity (Wildman–Crippen MR) is 67.7 cm³/mol. The highest BCUT2D eigenvalue weighted by molar-refractivity contribution is 5.85. The summed E-state index contributed by atoms with van der Waals surface area (Å²) in [5, 5.41) is 0. The summed E-state index contributed by atoms with van der Waals surface area (Å²) in [6.07, 6.45) is 8.56. The molecule has 0 radical (unpaired) electrons. The van der Waals surface area contributed by atoms with Crippen molar-refractivity contribution in [3.05, 3.63) is 0 Å². The van der Waals surface area contributed by atoms with Crippen molar-refractivity contribution in [2.24, 2.45) is 11.7 Å². The van der Waals surface area contributed by atoms with Crippen molar-refractivity contribution in [1.82, 2.24) is 0 Å². The molecule has 1 saturated carbocycles. The van der Waals surface area contributed by atoms with Crippen LogP contribution in [0.15, 0.2) is 0 Å². The summed E-state index contributed by atoms with van der Waals surface area (Å²) in [6.45, 7) is 2.24. The number of halogens is 1. The van der Waals surface area contributed by atoms with Gasteiger partial charge in [-0.2, -0.15) is 0 Å². The van der Waals surface area contributed by atoms with Crippen molar-refractivity contribution in [1.29, 1.82) is 0 Å². The Labute approximate surface area is 105 Å². The number of hydrogen-bond donors (Lipinski definition) is 1. The fraction of sp³-hybridized carbons (Fsp3) is 0.917. The van der Waals surface area contributed by atoms with E-state index in [1.807, 2.05) is 6.92 Å². The van der Waals surface area contributed by atoms with Gasteiger partial charge in [0.2, 0.25) is 0 Å². The maximum absolute atomic E-state index is 11.3. The van der Waals surface area contributed by atoms with Crippen molar-refractivity contribution < 1.29 is 9.53 Å². The highest BCUT2D eigenvalue weighted by Gasteiger charge is 2.18. The van der Waals surface area contributed by atoms with Crippen molar-refractivity contribution in [2.45, 2.75) is 57.9 Å². The van der Waals surface area contributed by atoms with Gasteiger partial charge in [-0.05, 0) is 25.7 Å². The lowest BCUT2D eigenvalue weighted by Crippen LogP contribution is -2.32. The van der Waals surface area contributed by atoms with E-state index in [4.69, 9.17) is 10.5 Å². The van der Waals surface area contributed by atoms with Crippen molar-refractivity contribution in [3.8, 4) is 0 Å². The number of esters is 1. The second-order valence-electron chi connectivity index (χ2n) is 4.44. The van der Waals surface area contributed by atoms with Gasteiger partial charge in [0.25, 0.3) is 0 Å². The number of hydrogen-bond acceptors (Lipinski definition) is 3. The summed E-state index contributed by atoms with van der Waals surface area (Å²) in [5.41, 5.74) is 5.75. The molecule has 1 rings (SSSR count). The summed E-state index contributed by atoms with van der Waals surface area (Å²) in [5.74, 6) is 0.549. The molecule has 1 aliphatic carbocycles. The smallest absolute Gasteiger partial charge is 0.322 e. The highest BCUT2D eigenvalue weighted by Crippen LogP contribution is 2.27. The van der Waals surface area contributed by atoms with E-state index in [2.05, 4.69) is 0 Å². The van der Waals surface area contributed by atoms with E-state index in [-0.39, 0.29) is 18.4 Å². The zero-order valence-electron chi connectivity index (χ0n) is 10.1. The molecular formula is C12H24ClNO2. The lowest BCUT2D eigenvalue weighted by Gasteiger charge is -2.22. The van der Waals surface area contributed by atoms with Gasteiger partial charge in [-0.1, -0.05) is 32.1 Å². The average Bonchev–Trinajstić information content (AvgIpc) is 2.27. The molecule has 0 heterocycles. The van der Waals surface area contributed by atoms with Gasteiger partial charge in [0, 0.05) is 0 Å². The van der Waals surface area contributed by atoms with Gasteiger partial charge in [-0.3, -0.25) is 4.79 Å². The molecular weight excluding hydrogens is 226 g/mol. The molecule has 0 bridgehead atoms. The monoisotopic (exact) mass is 249 g/mol. The zero-order chi connectivity index (χ0) is 11.1. The molecule has 3 nitrogen and oxygen atoms in total. The third-order valence-corrected chi connectivity index (χ3v) is 3.20. The number of nitrogens with two attached hydrogens (primary N) is 1. The summed E-state index contributed by atoms with van der Waals surface area (Å²) < 4.78 is 4.88.